The summed E-state index contributed by atoms with van der Waals surface area (Å²) in [5, 5.41) is 15.3. The largest absolute Gasteiger partial charge is 0.491 e. The number of hydrogen-bond donors (Lipinski definition) is 2. The van der Waals surface area contributed by atoms with Crippen molar-refractivity contribution in [2.45, 2.75) is 58.3 Å². The van der Waals surface area contributed by atoms with E-state index in [-0.39, 0.29) is 36.5 Å². The molecule has 196 valence electrons. The standard InChI is InChI=1S/C26H35FN4O5/c1-17(2)24-29-26(36-30-24)31(3)14-4-5-15-35-22-11-10-20(16-21(22)27)18-6-8-19(9-7-18)25(34)28-13-12-23(32)33/h6,10-11,16-17,19H,4-5,7-9,12-15H2,1-3H3,(H,28,34)(H,32,33). The van der Waals surface area contributed by atoms with Crippen LogP contribution in [0.15, 0.2) is 28.8 Å². The average molecular weight is 503 g/mol. The fourth-order valence-electron chi connectivity index (χ4n) is 3.93. The van der Waals surface area contributed by atoms with Gasteiger partial charge in [0.25, 0.3) is 0 Å². The molecule has 3 rings (SSSR count). The summed E-state index contributed by atoms with van der Waals surface area (Å²) in [4.78, 5) is 29.0. The third-order valence-electron chi connectivity index (χ3n) is 6.14. The SMILES string of the molecule is CC(C)c1noc(N(C)CCCCOc2ccc(C3=CCC(C(=O)NCCC(=O)O)CC3)cc2F)n1. The van der Waals surface area contributed by atoms with Crippen LogP contribution >= 0.6 is 0 Å². The van der Waals surface area contributed by atoms with Gasteiger partial charge in [-0.25, -0.2) is 4.39 Å². The number of carboxylic acid groups (broad SMARTS) is 1. The van der Waals surface area contributed by atoms with Gasteiger partial charge in [-0.3, -0.25) is 9.59 Å². The van der Waals surface area contributed by atoms with Gasteiger partial charge >= 0.3 is 12.0 Å². The summed E-state index contributed by atoms with van der Waals surface area (Å²) in [6, 6.07) is 5.45. The number of hydrogen-bond acceptors (Lipinski definition) is 7. The van der Waals surface area contributed by atoms with E-state index < -0.39 is 11.8 Å². The van der Waals surface area contributed by atoms with Crippen molar-refractivity contribution in [2.24, 2.45) is 5.92 Å². The van der Waals surface area contributed by atoms with E-state index >= 15 is 0 Å². The second-order valence-electron chi connectivity index (χ2n) is 9.35. The third kappa shape index (κ3) is 7.79. The van der Waals surface area contributed by atoms with Crippen LogP contribution < -0.4 is 15.0 Å². The molecule has 1 atom stereocenters. The van der Waals surface area contributed by atoms with Gasteiger partial charge in [0.05, 0.1) is 13.0 Å². The Kier molecular flexibility index (Phi) is 9.84. The molecular weight excluding hydrogens is 467 g/mol. The predicted molar refractivity (Wildman–Crippen MR) is 133 cm³/mol. The lowest BCUT2D eigenvalue weighted by molar-refractivity contribution is -0.137. The number of ether oxygens (including phenoxy) is 1. The molecule has 0 saturated heterocycles. The number of allylic oxidation sites excluding steroid dienone is 2. The topological polar surface area (TPSA) is 118 Å². The van der Waals surface area contributed by atoms with E-state index in [4.69, 9.17) is 14.4 Å². The van der Waals surface area contributed by atoms with Gasteiger partial charge in [-0.05, 0) is 55.4 Å². The quantitative estimate of drug-likeness (QED) is 0.387. The van der Waals surface area contributed by atoms with Crippen LogP contribution in [-0.4, -0.2) is 53.9 Å². The highest BCUT2D eigenvalue weighted by Gasteiger charge is 2.22. The van der Waals surface area contributed by atoms with Gasteiger partial charge in [0, 0.05) is 32.0 Å². The van der Waals surface area contributed by atoms with Gasteiger partial charge in [0.2, 0.25) is 5.91 Å². The van der Waals surface area contributed by atoms with Gasteiger partial charge < -0.3 is 24.6 Å². The highest BCUT2D eigenvalue weighted by atomic mass is 19.1. The number of aromatic nitrogens is 2. The summed E-state index contributed by atoms with van der Waals surface area (Å²) in [5.74, 6) is -0.564. The van der Waals surface area contributed by atoms with Crippen molar-refractivity contribution < 1.29 is 28.3 Å². The number of rotatable bonds is 13. The molecule has 1 aliphatic rings. The molecule has 1 unspecified atom stereocenters. The number of carboxylic acids is 1. The van der Waals surface area contributed by atoms with Crippen molar-refractivity contribution in [1.82, 2.24) is 15.5 Å². The number of halogens is 1. The van der Waals surface area contributed by atoms with E-state index in [0.29, 0.717) is 37.7 Å². The first-order valence-corrected chi connectivity index (χ1v) is 12.4. The lowest BCUT2D eigenvalue weighted by Crippen LogP contribution is -2.33. The molecule has 36 heavy (non-hydrogen) atoms. The number of carbonyl (C=O) groups excluding carboxylic acids is 1. The van der Waals surface area contributed by atoms with Crippen molar-refractivity contribution in [3.63, 3.8) is 0 Å². The number of nitrogens with one attached hydrogen (secondary N) is 1. The Hall–Kier alpha value is -3.43. The molecule has 1 aliphatic carbocycles. The highest BCUT2D eigenvalue weighted by molar-refractivity contribution is 5.81. The Bertz CT molecular complexity index is 1070. The minimum atomic E-state index is -0.941. The van der Waals surface area contributed by atoms with E-state index in [1.807, 2.05) is 37.9 Å². The van der Waals surface area contributed by atoms with Crippen LogP contribution in [-0.2, 0) is 9.59 Å². The predicted octanol–water partition coefficient (Wildman–Crippen LogP) is 4.40. The lowest BCUT2D eigenvalue weighted by atomic mass is 9.86. The van der Waals surface area contributed by atoms with Crippen molar-refractivity contribution in [1.29, 1.82) is 0 Å². The molecule has 1 heterocycles. The van der Waals surface area contributed by atoms with Crippen molar-refractivity contribution >= 4 is 23.5 Å². The zero-order valence-electron chi connectivity index (χ0n) is 21.1. The highest BCUT2D eigenvalue weighted by Crippen LogP contribution is 2.32. The number of carbonyl (C=O) groups is 2. The molecule has 0 aliphatic heterocycles. The Balaban J connectivity index is 1.41. The van der Waals surface area contributed by atoms with Gasteiger partial charge in [0.15, 0.2) is 17.4 Å². The summed E-state index contributed by atoms with van der Waals surface area (Å²) < 4.78 is 25.6. The molecular formula is C26H35FN4O5. The monoisotopic (exact) mass is 502 g/mol. The van der Waals surface area contributed by atoms with Crippen LogP contribution in [0.4, 0.5) is 10.4 Å². The van der Waals surface area contributed by atoms with Crippen molar-refractivity contribution in [3.8, 4) is 5.75 Å². The van der Waals surface area contributed by atoms with Crippen molar-refractivity contribution in [2.75, 3.05) is 31.6 Å². The second kappa shape index (κ2) is 13.0. The number of nitrogens with zero attached hydrogens (tertiary/aromatic N) is 3. The number of unbranched alkanes of at least 4 members (excludes halogenated alkanes) is 1. The maximum Gasteiger partial charge on any atom is 0.323 e. The van der Waals surface area contributed by atoms with E-state index in [1.165, 1.54) is 6.07 Å². The first-order valence-electron chi connectivity index (χ1n) is 12.4. The maximum atomic E-state index is 14.6. The summed E-state index contributed by atoms with van der Waals surface area (Å²) in [6.45, 7) is 5.26. The van der Waals surface area contributed by atoms with Crippen LogP contribution in [0, 0.1) is 11.7 Å². The Morgan fingerprint density at radius 1 is 1.33 bits per heavy atom. The fraction of sp³-hybridized carbons (Fsp3) is 0.538. The number of aliphatic carboxylic acids is 1. The zero-order valence-corrected chi connectivity index (χ0v) is 21.1. The average Bonchev–Trinajstić information content (AvgIpc) is 3.35. The number of amides is 1. The molecule has 0 spiro atoms. The number of benzene rings is 1. The first kappa shape index (κ1) is 27.2. The molecule has 1 aromatic heterocycles. The molecule has 2 N–H and O–H groups in total. The molecule has 9 nitrogen and oxygen atoms in total. The van der Waals surface area contributed by atoms with Crippen LogP contribution in [0.25, 0.3) is 5.57 Å². The zero-order chi connectivity index (χ0) is 26.1. The summed E-state index contributed by atoms with van der Waals surface area (Å²) in [6.07, 6.45) is 5.29. The van der Waals surface area contributed by atoms with Crippen LogP contribution in [0.3, 0.4) is 0 Å². The van der Waals surface area contributed by atoms with Crippen molar-refractivity contribution in [3.05, 3.63) is 41.5 Å². The van der Waals surface area contributed by atoms with Gasteiger partial charge in [-0.2, -0.15) is 4.98 Å². The lowest BCUT2D eigenvalue weighted by Gasteiger charge is -2.21. The maximum absolute atomic E-state index is 14.6. The Morgan fingerprint density at radius 2 is 2.14 bits per heavy atom. The summed E-state index contributed by atoms with van der Waals surface area (Å²) in [5.41, 5.74) is 1.78. The summed E-state index contributed by atoms with van der Waals surface area (Å²) in [7, 11) is 1.89. The minimum Gasteiger partial charge on any atom is -0.491 e. The molecule has 0 radical (unpaired) electrons. The minimum absolute atomic E-state index is 0.0936. The van der Waals surface area contributed by atoms with Crippen LogP contribution in [0.5, 0.6) is 5.75 Å². The molecule has 10 heteroatoms. The van der Waals surface area contributed by atoms with Gasteiger partial charge in [0.1, 0.15) is 0 Å². The molecule has 1 aromatic carbocycles. The fourth-order valence-corrected chi connectivity index (χ4v) is 3.93. The molecule has 0 saturated carbocycles. The molecule has 0 bridgehead atoms. The number of anilines is 1. The van der Waals surface area contributed by atoms with Gasteiger partial charge in [-0.1, -0.05) is 31.1 Å². The normalized spacial score (nSPS) is 15.5. The summed E-state index contributed by atoms with van der Waals surface area (Å²) >= 11 is 0. The Morgan fingerprint density at radius 3 is 2.78 bits per heavy atom. The van der Waals surface area contributed by atoms with E-state index in [2.05, 4.69) is 15.5 Å². The molecule has 2 aromatic rings. The molecule has 1 amide bonds. The van der Waals surface area contributed by atoms with Crippen LogP contribution in [0.2, 0.25) is 0 Å². The van der Waals surface area contributed by atoms with E-state index in [9.17, 15) is 14.0 Å². The smallest absolute Gasteiger partial charge is 0.323 e. The molecule has 0 fully saturated rings. The Labute approximate surface area is 210 Å². The van der Waals surface area contributed by atoms with Gasteiger partial charge in [-0.15, -0.1) is 0 Å². The van der Waals surface area contributed by atoms with E-state index in [0.717, 1.165) is 30.5 Å². The third-order valence-corrected chi connectivity index (χ3v) is 6.14. The van der Waals surface area contributed by atoms with Crippen LogP contribution in [0.1, 0.15) is 69.7 Å². The van der Waals surface area contributed by atoms with E-state index in [1.54, 1.807) is 6.07 Å². The first-order chi connectivity index (χ1) is 17.2. The second-order valence-corrected chi connectivity index (χ2v) is 9.35.